The van der Waals surface area contributed by atoms with Gasteiger partial charge in [-0.2, -0.15) is 0 Å². The summed E-state index contributed by atoms with van der Waals surface area (Å²) in [5, 5.41) is -0.0680. The molecule has 0 aliphatic rings. The van der Waals surface area contributed by atoms with Gasteiger partial charge in [0, 0.05) is 18.2 Å². The summed E-state index contributed by atoms with van der Waals surface area (Å²) in [5.74, 6) is -2.35. The number of hydrogen-bond acceptors (Lipinski definition) is 6. The number of nitrogens with zero attached hydrogens (tertiary/aromatic N) is 1. The predicted octanol–water partition coefficient (Wildman–Crippen LogP) is 4.87. The molecule has 0 N–H and O–H groups in total. The minimum atomic E-state index is -1.07. The highest BCUT2D eigenvalue weighted by Gasteiger charge is 2.27. The number of esters is 1. The Morgan fingerprint density at radius 2 is 1.77 bits per heavy atom. The number of ketones is 1. The van der Waals surface area contributed by atoms with Crippen LogP contribution in [0.3, 0.4) is 0 Å². The Morgan fingerprint density at radius 3 is 2.40 bits per heavy atom. The molecule has 0 spiro atoms. The number of Topliss-reactive ketones (excluding diaryl/α,β-unsaturated/α-hetero) is 1. The van der Waals surface area contributed by atoms with Crippen LogP contribution in [-0.4, -0.2) is 41.7 Å². The van der Waals surface area contributed by atoms with Crippen LogP contribution in [-0.2, 0) is 14.3 Å². The lowest BCUT2D eigenvalue weighted by atomic mass is 10.0. The van der Waals surface area contributed by atoms with Crippen molar-refractivity contribution in [2.45, 2.75) is 65.1 Å². The van der Waals surface area contributed by atoms with Gasteiger partial charge in [0.1, 0.15) is 22.7 Å². The molecule has 1 heterocycles. The van der Waals surface area contributed by atoms with Gasteiger partial charge >= 0.3 is 5.97 Å². The van der Waals surface area contributed by atoms with E-state index in [9.17, 15) is 14.0 Å². The largest absolute Gasteiger partial charge is 0.485 e. The zero-order valence-electron chi connectivity index (χ0n) is 18.5. The van der Waals surface area contributed by atoms with Crippen molar-refractivity contribution in [1.29, 1.82) is 0 Å². The van der Waals surface area contributed by atoms with E-state index >= 15 is 0 Å². The van der Waals surface area contributed by atoms with Crippen molar-refractivity contribution < 1.29 is 28.2 Å². The summed E-state index contributed by atoms with van der Waals surface area (Å²) in [6.45, 7) is 10.5. The first kappa shape index (κ1) is 23.7. The molecule has 2 aromatic rings. The molecule has 0 fully saturated rings. The van der Waals surface area contributed by atoms with E-state index in [-0.39, 0.29) is 22.1 Å². The van der Waals surface area contributed by atoms with Gasteiger partial charge in [0.2, 0.25) is 0 Å². The molecule has 0 saturated carbocycles. The van der Waals surface area contributed by atoms with Gasteiger partial charge in [-0.05, 0) is 52.3 Å². The van der Waals surface area contributed by atoms with Gasteiger partial charge in [-0.1, -0.05) is 13.3 Å². The predicted molar refractivity (Wildman–Crippen MR) is 112 cm³/mol. The van der Waals surface area contributed by atoms with E-state index in [0.29, 0.717) is 18.8 Å². The summed E-state index contributed by atoms with van der Waals surface area (Å²) < 4.78 is 31.2. The standard InChI is InChI=1S/C23H30FNO5/c1-7-11-22(2,3)29-14-12-23(4,5)30-17-9-8-16(24)18-15(10-13-25-19(17)18)20(26)21(27)28-6/h8-10,13H,7,11-12,14H2,1-6H3. The maximum atomic E-state index is 14.6. The van der Waals surface area contributed by atoms with Crippen LogP contribution in [0, 0.1) is 5.82 Å². The first-order valence-electron chi connectivity index (χ1n) is 10.0. The van der Waals surface area contributed by atoms with Gasteiger partial charge in [-0.15, -0.1) is 0 Å². The van der Waals surface area contributed by atoms with Crippen LogP contribution in [0.1, 0.15) is 64.2 Å². The lowest BCUT2D eigenvalue weighted by molar-refractivity contribution is -0.135. The number of carbonyl (C=O) groups excluding carboxylic acids is 2. The van der Waals surface area contributed by atoms with Crippen LogP contribution in [0.2, 0.25) is 0 Å². The Labute approximate surface area is 176 Å². The molecule has 0 unspecified atom stereocenters. The van der Waals surface area contributed by atoms with Crippen LogP contribution >= 0.6 is 0 Å². The number of benzene rings is 1. The number of hydrogen-bond donors (Lipinski definition) is 0. The van der Waals surface area contributed by atoms with Crippen molar-refractivity contribution in [2.24, 2.45) is 0 Å². The van der Waals surface area contributed by atoms with Crippen molar-refractivity contribution in [3.63, 3.8) is 0 Å². The highest BCUT2D eigenvalue weighted by atomic mass is 19.1. The number of rotatable bonds is 10. The number of methoxy groups -OCH3 is 1. The van der Waals surface area contributed by atoms with Gasteiger partial charge in [-0.3, -0.25) is 9.78 Å². The minimum Gasteiger partial charge on any atom is -0.485 e. The van der Waals surface area contributed by atoms with E-state index in [2.05, 4.69) is 30.5 Å². The molecule has 7 heteroatoms. The van der Waals surface area contributed by atoms with Crippen molar-refractivity contribution in [3.8, 4) is 5.75 Å². The summed E-state index contributed by atoms with van der Waals surface area (Å²) in [6, 6.07) is 3.97. The molecule has 0 aliphatic carbocycles. The number of pyridine rings is 1. The molecule has 30 heavy (non-hydrogen) atoms. The van der Waals surface area contributed by atoms with Crippen molar-refractivity contribution >= 4 is 22.7 Å². The topological polar surface area (TPSA) is 74.7 Å². The second kappa shape index (κ2) is 9.51. The normalized spacial score (nSPS) is 12.1. The lowest BCUT2D eigenvalue weighted by Gasteiger charge is -2.30. The molecular formula is C23H30FNO5. The number of carbonyl (C=O) groups is 2. The van der Waals surface area contributed by atoms with E-state index in [1.807, 2.05) is 13.8 Å². The number of halogens is 1. The Bertz CT molecular complexity index is 923. The molecule has 0 saturated heterocycles. The van der Waals surface area contributed by atoms with Crippen LogP contribution in [0.5, 0.6) is 5.75 Å². The Kier molecular flexibility index (Phi) is 7.53. The van der Waals surface area contributed by atoms with Crippen molar-refractivity contribution in [1.82, 2.24) is 4.98 Å². The molecule has 0 bridgehead atoms. The van der Waals surface area contributed by atoms with E-state index < -0.39 is 23.2 Å². The highest BCUT2D eigenvalue weighted by molar-refractivity contribution is 6.42. The average molecular weight is 419 g/mol. The molecule has 1 aromatic carbocycles. The Morgan fingerprint density at radius 1 is 1.07 bits per heavy atom. The third-order valence-electron chi connectivity index (χ3n) is 4.85. The number of fused-ring (bicyclic) bond motifs is 1. The van der Waals surface area contributed by atoms with Crippen LogP contribution in [0.4, 0.5) is 4.39 Å². The smallest absolute Gasteiger partial charge is 0.379 e. The zero-order valence-corrected chi connectivity index (χ0v) is 18.5. The molecule has 2 rings (SSSR count). The Hall–Kier alpha value is -2.54. The van der Waals surface area contributed by atoms with Gasteiger partial charge in [0.05, 0.1) is 24.7 Å². The average Bonchev–Trinajstić information content (AvgIpc) is 2.68. The van der Waals surface area contributed by atoms with Crippen LogP contribution in [0.15, 0.2) is 24.4 Å². The maximum Gasteiger partial charge on any atom is 0.379 e. The van der Waals surface area contributed by atoms with Crippen LogP contribution in [0.25, 0.3) is 10.9 Å². The molecule has 0 aliphatic heterocycles. The molecule has 1 aromatic heterocycles. The maximum absolute atomic E-state index is 14.6. The third kappa shape index (κ3) is 5.75. The van der Waals surface area contributed by atoms with Gasteiger partial charge < -0.3 is 14.2 Å². The van der Waals surface area contributed by atoms with Crippen molar-refractivity contribution in [2.75, 3.05) is 13.7 Å². The minimum absolute atomic E-state index is 0.0680. The van der Waals surface area contributed by atoms with E-state index in [1.165, 1.54) is 24.4 Å². The quantitative estimate of drug-likeness (QED) is 0.311. The van der Waals surface area contributed by atoms with E-state index in [4.69, 9.17) is 9.47 Å². The number of ether oxygens (including phenoxy) is 3. The fraction of sp³-hybridized carbons (Fsp3) is 0.522. The molecule has 6 nitrogen and oxygen atoms in total. The SMILES string of the molecule is CCCC(C)(C)OCCC(C)(C)Oc1ccc(F)c2c(C(=O)C(=O)OC)ccnc12. The van der Waals surface area contributed by atoms with Gasteiger partial charge in [0.25, 0.3) is 5.78 Å². The van der Waals surface area contributed by atoms with Gasteiger partial charge in [-0.25, -0.2) is 9.18 Å². The van der Waals surface area contributed by atoms with Crippen molar-refractivity contribution in [3.05, 3.63) is 35.8 Å². The Balaban J connectivity index is 2.29. The third-order valence-corrected chi connectivity index (χ3v) is 4.85. The van der Waals surface area contributed by atoms with Crippen LogP contribution < -0.4 is 4.74 Å². The summed E-state index contributed by atoms with van der Waals surface area (Å²) in [4.78, 5) is 28.2. The summed E-state index contributed by atoms with van der Waals surface area (Å²) in [5.41, 5.74) is -0.780. The monoisotopic (exact) mass is 419 g/mol. The zero-order chi connectivity index (χ0) is 22.5. The fourth-order valence-electron chi connectivity index (χ4n) is 3.27. The first-order valence-corrected chi connectivity index (χ1v) is 10.0. The molecular weight excluding hydrogens is 389 g/mol. The molecule has 0 atom stereocenters. The van der Waals surface area contributed by atoms with Gasteiger partial charge in [0.15, 0.2) is 0 Å². The molecule has 0 radical (unpaired) electrons. The molecule has 0 amide bonds. The van der Waals surface area contributed by atoms with E-state index in [0.717, 1.165) is 20.0 Å². The summed E-state index contributed by atoms with van der Waals surface area (Å²) in [7, 11) is 1.10. The number of aromatic nitrogens is 1. The summed E-state index contributed by atoms with van der Waals surface area (Å²) in [6.07, 6.45) is 3.93. The molecule has 164 valence electrons. The van der Waals surface area contributed by atoms with E-state index in [1.54, 1.807) is 0 Å². The summed E-state index contributed by atoms with van der Waals surface area (Å²) >= 11 is 0. The first-order chi connectivity index (χ1) is 14.0. The lowest BCUT2D eigenvalue weighted by Crippen LogP contribution is -2.33. The fourth-order valence-corrected chi connectivity index (χ4v) is 3.27. The second-order valence-electron chi connectivity index (χ2n) is 8.42. The highest BCUT2D eigenvalue weighted by Crippen LogP contribution is 2.32. The second-order valence-corrected chi connectivity index (χ2v) is 8.42.